The highest BCUT2D eigenvalue weighted by Gasteiger charge is 2.23. The standard InChI is InChI=1S/C15H12BrFN4OS/c1-21-6-5-18-13(21)12(9-3-2-4-10(17)7-9)20-14(22)15-19-8-11(16)23-15/h2-8,12H,1H3,(H,20,22)/t12-/m1/s1. The van der Waals surface area contributed by atoms with Crippen LogP contribution < -0.4 is 5.32 Å². The quantitative estimate of drug-likeness (QED) is 0.738. The fourth-order valence-corrected chi connectivity index (χ4v) is 3.30. The van der Waals surface area contributed by atoms with Gasteiger partial charge >= 0.3 is 0 Å². The zero-order valence-corrected chi connectivity index (χ0v) is 14.4. The van der Waals surface area contributed by atoms with Crippen LogP contribution in [0.1, 0.15) is 27.2 Å². The number of carbonyl (C=O) groups excluding carboxylic acids is 1. The number of benzene rings is 1. The summed E-state index contributed by atoms with van der Waals surface area (Å²) < 4.78 is 16.1. The Hall–Kier alpha value is -2.06. The van der Waals surface area contributed by atoms with Crippen LogP contribution in [0.5, 0.6) is 0 Å². The molecular formula is C15H12BrFN4OS. The second-order valence-corrected chi connectivity index (χ2v) is 7.24. The van der Waals surface area contributed by atoms with Gasteiger partial charge in [0.15, 0.2) is 5.01 Å². The maximum atomic E-state index is 13.6. The topological polar surface area (TPSA) is 59.8 Å². The lowest BCUT2D eigenvalue weighted by Gasteiger charge is -2.18. The lowest BCUT2D eigenvalue weighted by Crippen LogP contribution is -2.31. The molecule has 3 aromatic rings. The average molecular weight is 395 g/mol. The molecule has 118 valence electrons. The third kappa shape index (κ3) is 3.48. The number of hydrogen-bond donors (Lipinski definition) is 1. The van der Waals surface area contributed by atoms with E-state index in [2.05, 4.69) is 31.2 Å². The summed E-state index contributed by atoms with van der Waals surface area (Å²) >= 11 is 4.51. The lowest BCUT2D eigenvalue weighted by atomic mass is 10.1. The number of nitrogens with zero attached hydrogens (tertiary/aromatic N) is 3. The van der Waals surface area contributed by atoms with Gasteiger partial charge in [0, 0.05) is 19.4 Å². The first-order chi connectivity index (χ1) is 11.0. The molecule has 0 saturated carbocycles. The SMILES string of the molecule is Cn1ccnc1[C@H](NC(=O)c1ncc(Br)s1)c1cccc(F)c1. The van der Waals surface area contributed by atoms with Crippen molar-refractivity contribution in [3.05, 3.63) is 68.9 Å². The van der Waals surface area contributed by atoms with E-state index in [-0.39, 0.29) is 11.7 Å². The third-order valence-corrected chi connectivity index (χ3v) is 4.72. The van der Waals surface area contributed by atoms with Gasteiger partial charge in [0.2, 0.25) is 0 Å². The first-order valence-electron chi connectivity index (χ1n) is 6.69. The molecule has 8 heteroatoms. The molecule has 1 atom stereocenters. The Bertz CT molecular complexity index is 847. The predicted octanol–water partition coefficient (Wildman–Crippen LogP) is 3.30. The summed E-state index contributed by atoms with van der Waals surface area (Å²) in [5.74, 6) is -0.0921. The van der Waals surface area contributed by atoms with E-state index in [4.69, 9.17) is 0 Å². The smallest absolute Gasteiger partial charge is 0.281 e. The number of halogens is 2. The van der Waals surface area contributed by atoms with Crippen LogP contribution in [0.2, 0.25) is 0 Å². The van der Waals surface area contributed by atoms with Gasteiger partial charge in [-0.2, -0.15) is 0 Å². The molecule has 1 N–H and O–H groups in total. The molecule has 0 aliphatic rings. The molecule has 0 spiro atoms. The van der Waals surface area contributed by atoms with Crippen LogP contribution >= 0.6 is 27.3 Å². The summed E-state index contributed by atoms with van der Waals surface area (Å²) in [6.07, 6.45) is 4.97. The molecule has 1 amide bonds. The Morgan fingerprint density at radius 1 is 1.43 bits per heavy atom. The number of carbonyl (C=O) groups is 1. The van der Waals surface area contributed by atoms with Gasteiger partial charge in [-0.25, -0.2) is 14.4 Å². The van der Waals surface area contributed by atoms with Crippen molar-refractivity contribution in [1.29, 1.82) is 0 Å². The molecule has 2 heterocycles. The van der Waals surface area contributed by atoms with Crippen LogP contribution in [0, 0.1) is 5.82 Å². The number of aromatic nitrogens is 3. The number of amides is 1. The van der Waals surface area contributed by atoms with E-state index in [0.717, 1.165) is 3.79 Å². The Morgan fingerprint density at radius 3 is 2.87 bits per heavy atom. The minimum Gasteiger partial charge on any atom is -0.336 e. The minimum atomic E-state index is -0.569. The molecule has 2 aromatic heterocycles. The molecule has 0 bridgehead atoms. The van der Waals surface area contributed by atoms with Gasteiger partial charge < -0.3 is 9.88 Å². The second kappa shape index (κ2) is 6.59. The molecule has 0 radical (unpaired) electrons. The van der Waals surface area contributed by atoms with Crippen LogP contribution in [0.4, 0.5) is 4.39 Å². The van der Waals surface area contributed by atoms with Crippen molar-refractivity contribution in [3.8, 4) is 0 Å². The summed E-state index contributed by atoms with van der Waals surface area (Å²) in [5.41, 5.74) is 0.614. The Balaban J connectivity index is 1.96. The van der Waals surface area contributed by atoms with Gasteiger partial charge in [0.25, 0.3) is 5.91 Å². The molecule has 23 heavy (non-hydrogen) atoms. The summed E-state index contributed by atoms with van der Waals surface area (Å²) in [7, 11) is 1.82. The normalized spacial score (nSPS) is 12.1. The van der Waals surface area contributed by atoms with E-state index in [1.165, 1.54) is 23.5 Å². The number of nitrogens with one attached hydrogen (secondary N) is 1. The molecule has 0 aliphatic carbocycles. The van der Waals surface area contributed by atoms with E-state index < -0.39 is 6.04 Å². The van der Waals surface area contributed by atoms with Crippen molar-refractivity contribution < 1.29 is 9.18 Å². The van der Waals surface area contributed by atoms with Crippen molar-refractivity contribution in [2.24, 2.45) is 7.05 Å². The monoisotopic (exact) mass is 394 g/mol. The summed E-state index contributed by atoms with van der Waals surface area (Å²) in [6, 6.07) is 5.53. The largest absolute Gasteiger partial charge is 0.336 e. The minimum absolute atomic E-state index is 0.326. The van der Waals surface area contributed by atoms with Crippen LogP contribution in [0.25, 0.3) is 0 Å². The Labute approximate surface area is 144 Å². The molecular weight excluding hydrogens is 383 g/mol. The number of rotatable bonds is 4. The maximum absolute atomic E-state index is 13.6. The zero-order chi connectivity index (χ0) is 16.4. The van der Waals surface area contributed by atoms with Gasteiger partial charge in [-0.05, 0) is 33.6 Å². The summed E-state index contributed by atoms with van der Waals surface area (Å²) in [6.45, 7) is 0. The molecule has 0 unspecified atom stereocenters. The maximum Gasteiger partial charge on any atom is 0.281 e. The van der Waals surface area contributed by atoms with Gasteiger partial charge in [0.05, 0.1) is 9.98 Å². The zero-order valence-electron chi connectivity index (χ0n) is 12.0. The van der Waals surface area contributed by atoms with Crippen LogP contribution in [-0.2, 0) is 7.05 Å². The predicted molar refractivity (Wildman–Crippen MR) is 88.7 cm³/mol. The van der Waals surface area contributed by atoms with E-state index in [0.29, 0.717) is 16.4 Å². The number of hydrogen-bond acceptors (Lipinski definition) is 4. The van der Waals surface area contributed by atoms with Crippen molar-refractivity contribution >= 4 is 33.2 Å². The van der Waals surface area contributed by atoms with E-state index >= 15 is 0 Å². The van der Waals surface area contributed by atoms with Gasteiger partial charge in [-0.15, -0.1) is 11.3 Å². The lowest BCUT2D eigenvalue weighted by molar-refractivity contribution is 0.0940. The van der Waals surface area contributed by atoms with Crippen molar-refractivity contribution in [2.45, 2.75) is 6.04 Å². The van der Waals surface area contributed by atoms with Crippen molar-refractivity contribution in [1.82, 2.24) is 19.9 Å². The van der Waals surface area contributed by atoms with Gasteiger partial charge in [-0.1, -0.05) is 12.1 Å². The molecule has 0 saturated heterocycles. The highest BCUT2D eigenvalue weighted by molar-refractivity contribution is 9.11. The highest BCUT2D eigenvalue weighted by atomic mass is 79.9. The van der Waals surface area contributed by atoms with E-state index in [1.807, 2.05) is 7.05 Å². The fraction of sp³-hybridized carbons (Fsp3) is 0.133. The molecule has 1 aromatic carbocycles. The Morgan fingerprint density at radius 2 is 2.26 bits per heavy atom. The molecule has 0 fully saturated rings. The Kier molecular flexibility index (Phi) is 4.53. The molecule has 0 aliphatic heterocycles. The highest BCUT2D eigenvalue weighted by Crippen LogP contribution is 2.24. The number of aryl methyl sites for hydroxylation is 1. The second-order valence-electron chi connectivity index (χ2n) is 4.83. The van der Waals surface area contributed by atoms with Crippen molar-refractivity contribution in [2.75, 3.05) is 0 Å². The van der Waals surface area contributed by atoms with E-state index in [9.17, 15) is 9.18 Å². The number of thiazole rings is 1. The van der Waals surface area contributed by atoms with Crippen molar-refractivity contribution in [3.63, 3.8) is 0 Å². The fourth-order valence-electron chi connectivity index (χ4n) is 2.19. The summed E-state index contributed by atoms with van der Waals surface area (Å²) in [4.78, 5) is 20.7. The average Bonchev–Trinajstić information content (AvgIpc) is 3.13. The van der Waals surface area contributed by atoms with Gasteiger partial charge in [0.1, 0.15) is 17.7 Å². The van der Waals surface area contributed by atoms with Gasteiger partial charge in [-0.3, -0.25) is 4.79 Å². The first kappa shape index (κ1) is 15.8. The third-order valence-electron chi connectivity index (χ3n) is 3.25. The first-order valence-corrected chi connectivity index (χ1v) is 8.30. The summed E-state index contributed by atoms with van der Waals surface area (Å²) in [5, 5.41) is 3.20. The van der Waals surface area contributed by atoms with Crippen LogP contribution in [0.3, 0.4) is 0 Å². The van der Waals surface area contributed by atoms with Crippen LogP contribution in [0.15, 0.2) is 46.6 Å². The molecule has 5 nitrogen and oxygen atoms in total. The number of imidazole rings is 1. The van der Waals surface area contributed by atoms with Crippen LogP contribution in [-0.4, -0.2) is 20.4 Å². The van der Waals surface area contributed by atoms with E-state index in [1.54, 1.807) is 35.3 Å². The molecule has 3 rings (SSSR count).